The van der Waals surface area contributed by atoms with Crippen molar-refractivity contribution in [3.63, 3.8) is 0 Å². The van der Waals surface area contributed by atoms with Gasteiger partial charge in [0.15, 0.2) is 0 Å². The topological polar surface area (TPSA) is 77.8 Å². The van der Waals surface area contributed by atoms with Gasteiger partial charge in [-0.3, -0.25) is 0 Å². The molecule has 1 saturated carbocycles. The smallest absolute Gasteiger partial charge is 0.327 e. The van der Waals surface area contributed by atoms with Crippen molar-refractivity contribution in [3.8, 4) is 0 Å². The molecule has 0 amide bonds. The summed E-state index contributed by atoms with van der Waals surface area (Å²) < 4.78 is 0. The van der Waals surface area contributed by atoms with E-state index < -0.39 is 18.2 Å². The lowest BCUT2D eigenvalue weighted by atomic mass is 9.88. The summed E-state index contributed by atoms with van der Waals surface area (Å²) in [7, 11) is 0. The third kappa shape index (κ3) is 8.24. The third-order valence-electron chi connectivity index (χ3n) is 5.42. The third-order valence-corrected chi connectivity index (χ3v) is 5.92. The van der Waals surface area contributed by atoms with Crippen LogP contribution in [0.4, 0.5) is 0 Å². The van der Waals surface area contributed by atoms with Gasteiger partial charge in [0.2, 0.25) is 0 Å². The maximum Gasteiger partial charge on any atom is 0.327 e. The van der Waals surface area contributed by atoms with Crippen LogP contribution in [0.5, 0.6) is 0 Å². The average molecular weight is 387 g/mol. The number of allylic oxidation sites excluding steroid dienone is 1. The molecule has 0 heterocycles. The highest BCUT2D eigenvalue weighted by molar-refractivity contribution is 6.21. The highest BCUT2D eigenvalue weighted by Gasteiger charge is 2.39. The minimum Gasteiger partial charge on any atom is -0.478 e. The van der Waals surface area contributed by atoms with E-state index in [9.17, 15) is 15.0 Å². The van der Waals surface area contributed by atoms with Gasteiger partial charge in [0, 0.05) is 17.4 Å². The summed E-state index contributed by atoms with van der Waals surface area (Å²) in [6, 6.07) is 0. The zero-order valence-electron chi connectivity index (χ0n) is 16.1. The molecule has 1 unspecified atom stereocenters. The van der Waals surface area contributed by atoms with Gasteiger partial charge in [-0.1, -0.05) is 51.3 Å². The lowest BCUT2D eigenvalue weighted by Crippen LogP contribution is -2.21. The summed E-state index contributed by atoms with van der Waals surface area (Å²) >= 11 is 6.45. The van der Waals surface area contributed by atoms with Crippen molar-refractivity contribution in [3.05, 3.63) is 24.3 Å². The van der Waals surface area contributed by atoms with Crippen molar-refractivity contribution in [2.45, 2.75) is 82.8 Å². The first-order valence-electron chi connectivity index (χ1n) is 9.94. The Hall–Kier alpha value is -0.840. The van der Waals surface area contributed by atoms with E-state index in [1.54, 1.807) is 6.08 Å². The SMILES string of the molecule is CCCCC(C)[C@H](O)/C=C/[C@@H]1[C@@H](CCCC/C=C/C(=O)O)[C@H](Cl)C[C@H]1O. The number of hydrogen-bond acceptors (Lipinski definition) is 3. The highest BCUT2D eigenvalue weighted by atomic mass is 35.5. The van der Waals surface area contributed by atoms with Crippen LogP contribution in [-0.4, -0.2) is 38.9 Å². The molecular formula is C21H35ClO4. The van der Waals surface area contributed by atoms with Crippen molar-refractivity contribution >= 4 is 17.6 Å². The zero-order valence-corrected chi connectivity index (χ0v) is 16.8. The van der Waals surface area contributed by atoms with Gasteiger partial charge in [-0.2, -0.15) is 0 Å². The Morgan fingerprint density at radius 1 is 1.31 bits per heavy atom. The summed E-state index contributed by atoms with van der Waals surface area (Å²) in [5, 5.41) is 29.2. The van der Waals surface area contributed by atoms with Gasteiger partial charge < -0.3 is 15.3 Å². The minimum absolute atomic E-state index is 0.0138. The first-order valence-corrected chi connectivity index (χ1v) is 10.4. The van der Waals surface area contributed by atoms with Crippen molar-refractivity contribution in [1.82, 2.24) is 0 Å². The molecule has 1 rings (SSSR count). The minimum atomic E-state index is -0.915. The molecule has 4 nitrogen and oxygen atoms in total. The lowest BCUT2D eigenvalue weighted by Gasteiger charge is -2.22. The number of hydrogen-bond donors (Lipinski definition) is 3. The van der Waals surface area contributed by atoms with E-state index in [0.717, 1.165) is 44.9 Å². The van der Waals surface area contributed by atoms with E-state index in [-0.39, 0.29) is 23.1 Å². The van der Waals surface area contributed by atoms with Gasteiger partial charge in [-0.25, -0.2) is 4.79 Å². The Balaban J connectivity index is 2.50. The first-order chi connectivity index (χ1) is 12.4. The first kappa shape index (κ1) is 23.2. The predicted octanol–water partition coefficient (Wildman–Crippen LogP) is 4.54. The van der Waals surface area contributed by atoms with E-state index in [1.165, 1.54) is 6.08 Å². The summed E-state index contributed by atoms with van der Waals surface area (Å²) in [6.07, 6.45) is 13.0. The molecule has 1 fully saturated rings. The molecule has 0 aromatic rings. The van der Waals surface area contributed by atoms with Crippen molar-refractivity contribution in [1.29, 1.82) is 0 Å². The summed E-state index contributed by atoms with van der Waals surface area (Å²) in [4.78, 5) is 10.4. The predicted molar refractivity (Wildman–Crippen MR) is 106 cm³/mol. The molecule has 5 heteroatoms. The molecule has 0 spiro atoms. The Morgan fingerprint density at radius 3 is 2.69 bits per heavy atom. The van der Waals surface area contributed by atoms with Crippen LogP contribution < -0.4 is 0 Å². The Labute approximate surface area is 163 Å². The maximum absolute atomic E-state index is 10.4. The van der Waals surface area contributed by atoms with E-state index in [0.29, 0.717) is 6.42 Å². The molecule has 0 aromatic carbocycles. The van der Waals surface area contributed by atoms with Gasteiger partial charge in [0.25, 0.3) is 0 Å². The van der Waals surface area contributed by atoms with Crippen LogP contribution in [0.3, 0.4) is 0 Å². The quantitative estimate of drug-likeness (QED) is 0.199. The van der Waals surface area contributed by atoms with Crippen LogP contribution in [0, 0.1) is 17.8 Å². The normalized spacial score (nSPS) is 28.8. The van der Waals surface area contributed by atoms with Gasteiger partial charge in [0.1, 0.15) is 0 Å². The molecule has 0 radical (unpaired) electrons. The maximum atomic E-state index is 10.4. The number of carboxylic acid groups (broad SMARTS) is 1. The second-order valence-electron chi connectivity index (χ2n) is 7.58. The summed E-state index contributed by atoms with van der Waals surface area (Å²) in [5.74, 6) is -0.512. The average Bonchev–Trinajstić information content (AvgIpc) is 2.86. The molecule has 3 N–H and O–H groups in total. The molecule has 0 aromatic heterocycles. The van der Waals surface area contributed by atoms with E-state index in [4.69, 9.17) is 16.7 Å². The van der Waals surface area contributed by atoms with Crippen LogP contribution in [-0.2, 0) is 4.79 Å². The number of rotatable bonds is 12. The number of halogens is 1. The van der Waals surface area contributed by atoms with Gasteiger partial charge in [0.05, 0.1) is 12.2 Å². The molecular weight excluding hydrogens is 352 g/mol. The Kier molecular flexibility index (Phi) is 11.2. The lowest BCUT2D eigenvalue weighted by molar-refractivity contribution is -0.131. The monoisotopic (exact) mass is 386 g/mol. The molecule has 0 bridgehead atoms. The molecule has 26 heavy (non-hydrogen) atoms. The largest absolute Gasteiger partial charge is 0.478 e. The number of carboxylic acids is 1. The van der Waals surface area contributed by atoms with Crippen LogP contribution >= 0.6 is 11.6 Å². The fraction of sp³-hybridized carbons (Fsp3) is 0.762. The van der Waals surface area contributed by atoms with Gasteiger partial charge in [-0.15, -0.1) is 11.6 Å². The molecule has 1 aliphatic rings. The molecule has 150 valence electrons. The number of carbonyl (C=O) groups is 1. The molecule has 0 saturated heterocycles. The summed E-state index contributed by atoms with van der Waals surface area (Å²) in [5.41, 5.74) is 0. The zero-order chi connectivity index (χ0) is 19.5. The van der Waals surface area contributed by atoms with Gasteiger partial charge >= 0.3 is 5.97 Å². The fourth-order valence-electron chi connectivity index (χ4n) is 3.69. The second kappa shape index (κ2) is 12.5. The number of aliphatic hydroxyl groups excluding tert-OH is 2. The molecule has 0 aliphatic heterocycles. The van der Waals surface area contributed by atoms with Crippen molar-refractivity contribution in [2.75, 3.05) is 0 Å². The highest BCUT2D eigenvalue weighted by Crippen LogP contribution is 2.40. The van der Waals surface area contributed by atoms with Crippen LogP contribution in [0.25, 0.3) is 0 Å². The van der Waals surface area contributed by atoms with E-state index in [1.807, 2.05) is 12.2 Å². The Bertz CT molecular complexity index is 463. The van der Waals surface area contributed by atoms with Crippen LogP contribution in [0.2, 0.25) is 0 Å². The van der Waals surface area contributed by atoms with Crippen LogP contribution in [0.1, 0.15) is 65.2 Å². The molecule has 6 atom stereocenters. The molecule has 1 aliphatic carbocycles. The number of unbranched alkanes of at least 4 members (excludes halogenated alkanes) is 3. The van der Waals surface area contributed by atoms with E-state index >= 15 is 0 Å². The van der Waals surface area contributed by atoms with E-state index in [2.05, 4.69) is 13.8 Å². The Morgan fingerprint density at radius 2 is 2.04 bits per heavy atom. The van der Waals surface area contributed by atoms with Gasteiger partial charge in [-0.05, 0) is 43.9 Å². The number of alkyl halides is 1. The number of aliphatic hydroxyl groups is 2. The van der Waals surface area contributed by atoms with Crippen LogP contribution in [0.15, 0.2) is 24.3 Å². The fourth-order valence-corrected chi connectivity index (χ4v) is 4.16. The second-order valence-corrected chi connectivity index (χ2v) is 8.14. The van der Waals surface area contributed by atoms with Crippen molar-refractivity contribution in [2.24, 2.45) is 17.8 Å². The standard InChI is InChI=1S/C21H35ClO4/c1-3-4-9-15(2)19(23)13-12-17-16(18(22)14-20(17)24)10-7-5-6-8-11-21(25)26/h8,11-13,15-20,23-24H,3-7,9-10,14H2,1-2H3,(H,25,26)/b11-8+,13-12+/t15?,16-,17-,18-,19-,20-/m1/s1. The number of aliphatic carboxylic acids is 1. The van der Waals surface area contributed by atoms with Crippen molar-refractivity contribution < 1.29 is 20.1 Å². The summed E-state index contributed by atoms with van der Waals surface area (Å²) in [6.45, 7) is 4.20.